The Morgan fingerprint density at radius 3 is 2.13 bits per heavy atom. The molecule has 2 rings (SSSR count). The number of hydrogen-bond acceptors (Lipinski definition) is 2. The van der Waals surface area contributed by atoms with Gasteiger partial charge in [-0.25, -0.2) is 0 Å². The van der Waals surface area contributed by atoms with E-state index in [1.165, 1.54) is 11.1 Å². The molecule has 0 unspecified atom stereocenters. The molecule has 0 saturated heterocycles. The Morgan fingerprint density at radius 1 is 0.733 bits per heavy atom. The van der Waals surface area contributed by atoms with Crippen molar-refractivity contribution >= 4 is 25.3 Å². The minimum Gasteiger partial charge on any atom is -0.143 e. The van der Waals surface area contributed by atoms with E-state index in [-0.39, 0.29) is 0 Å². The summed E-state index contributed by atoms with van der Waals surface area (Å²) in [7, 11) is 0. The molecule has 2 heteroatoms. The van der Waals surface area contributed by atoms with Crippen LogP contribution in [0.1, 0.15) is 11.1 Å². The van der Waals surface area contributed by atoms with Crippen molar-refractivity contribution in [3.63, 3.8) is 0 Å². The topological polar surface area (TPSA) is 0 Å². The Kier molecular flexibility index (Phi) is 3.39. The monoisotopic (exact) mass is 232 g/mol. The van der Waals surface area contributed by atoms with Crippen molar-refractivity contribution in [3.05, 3.63) is 59.7 Å². The highest BCUT2D eigenvalue weighted by molar-refractivity contribution is 7.80. The van der Waals surface area contributed by atoms with Gasteiger partial charge in [0.2, 0.25) is 0 Å². The normalized spacial score (nSPS) is 10.3. The van der Waals surface area contributed by atoms with Crippen molar-refractivity contribution in [2.24, 2.45) is 0 Å². The Hall–Kier alpha value is -0.860. The van der Waals surface area contributed by atoms with Crippen LogP contribution in [0, 0.1) is 0 Å². The quantitative estimate of drug-likeness (QED) is 0.722. The van der Waals surface area contributed by atoms with Gasteiger partial charge < -0.3 is 0 Å². The first-order valence-corrected chi connectivity index (χ1v) is 5.69. The molecule has 0 fully saturated rings. The first-order chi connectivity index (χ1) is 7.24. The summed E-state index contributed by atoms with van der Waals surface area (Å²) in [5.41, 5.74) is 2.58. The molecule has 0 bridgehead atoms. The van der Waals surface area contributed by atoms with Gasteiger partial charge in [-0.1, -0.05) is 24.3 Å². The second kappa shape index (κ2) is 4.77. The molecule has 0 spiro atoms. The molecule has 15 heavy (non-hydrogen) atoms. The van der Waals surface area contributed by atoms with E-state index < -0.39 is 0 Å². The van der Waals surface area contributed by atoms with Gasteiger partial charge in [0.15, 0.2) is 0 Å². The van der Waals surface area contributed by atoms with Crippen LogP contribution in [0.2, 0.25) is 0 Å². The lowest BCUT2D eigenvalue weighted by Crippen LogP contribution is -1.87. The molecule has 0 aliphatic carbocycles. The Bertz CT molecular complexity index is 446. The van der Waals surface area contributed by atoms with Crippen LogP contribution in [-0.2, 0) is 6.42 Å². The molecule has 0 saturated carbocycles. The third kappa shape index (κ3) is 3.05. The van der Waals surface area contributed by atoms with Crippen LogP contribution in [-0.4, -0.2) is 0 Å². The second-order valence-electron chi connectivity index (χ2n) is 3.51. The van der Waals surface area contributed by atoms with Gasteiger partial charge in [0.1, 0.15) is 0 Å². The average Bonchev–Trinajstić information content (AvgIpc) is 2.22. The zero-order valence-electron chi connectivity index (χ0n) is 8.22. The fraction of sp³-hybridized carbons (Fsp3) is 0.0769. The van der Waals surface area contributed by atoms with Gasteiger partial charge >= 0.3 is 0 Å². The highest BCUT2D eigenvalue weighted by Crippen LogP contribution is 2.15. The molecular weight excluding hydrogens is 220 g/mol. The van der Waals surface area contributed by atoms with Crippen LogP contribution in [0.15, 0.2) is 58.3 Å². The molecule has 0 N–H and O–H groups in total. The van der Waals surface area contributed by atoms with Gasteiger partial charge in [-0.05, 0) is 41.8 Å². The fourth-order valence-corrected chi connectivity index (χ4v) is 1.92. The Labute approximate surface area is 101 Å². The van der Waals surface area contributed by atoms with Crippen molar-refractivity contribution in [1.29, 1.82) is 0 Å². The van der Waals surface area contributed by atoms with Crippen LogP contribution in [0.5, 0.6) is 0 Å². The van der Waals surface area contributed by atoms with Crippen molar-refractivity contribution in [2.75, 3.05) is 0 Å². The summed E-state index contributed by atoms with van der Waals surface area (Å²) in [6, 6.07) is 16.5. The molecule has 0 aliphatic heterocycles. The molecule has 0 amide bonds. The molecule has 0 aromatic heterocycles. The van der Waals surface area contributed by atoms with E-state index in [1.807, 2.05) is 24.3 Å². The molecule has 0 atom stereocenters. The Morgan fingerprint density at radius 2 is 1.47 bits per heavy atom. The summed E-state index contributed by atoms with van der Waals surface area (Å²) in [6.45, 7) is 0. The smallest absolute Gasteiger partial charge is 0.00428 e. The summed E-state index contributed by atoms with van der Waals surface area (Å²) in [5, 5.41) is 0. The lowest BCUT2D eigenvalue weighted by Gasteiger charge is -2.03. The van der Waals surface area contributed by atoms with E-state index in [9.17, 15) is 0 Å². The summed E-state index contributed by atoms with van der Waals surface area (Å²) in [6.07, 6.45) is 0.947. The largest absolute Gasteiger partial charge is 0.143 e. The molecule has 76 valence electrons. The van der Waals surface area contributed by atoms with E-state index >= 15 is 0 Å². The molecule has 2 aromatic rings. The zero-order chi connectivity index (χ0) is 10.7. The predicted molar refractivity (Wildman–Crippen MR) is 70.2 cm³/mol. The van der Waals surface area contributed by atoms with Crippen molar-refractivity contribution in [1.82, 2.24) is 0 Å². The van der Waals surface area contributed by atoms with Gasteiger partial charge in [0.25, 0.3) is 0 Å². The highest BCUT2D eigenvalue weighted by Gasteiger charge is 1.96. The van der Waals surface area contributed by atoms with Crippen LogP contribution in [0.25, 0.3) is 0 Å². The Balaban J connectivity index is 2.18. The van der Waals surface area contributed by atoms with Crippen LogP contribution in [0.3, 0.4) is 0 Å². The standard InChI is InChI=1S/C13H12S2/c14-12-6-4-10(5-7-12)8-11-2-1-3-13(15)9-11/h1-7,9,14-15H,8H2. The highest BCUT2D eigenvalue weighted by atomic mass is 32.1. The summed E-state index contributed by atoms with van der Waals surface area (Å²) < 4.78 is 0. The maximum absolute atomic E-state index is 4.32. The molecule has 0 radical (unpaired) electrons. The molecule has 0 nitrogen and oxygen atoms in total. The third-order valence-electron chi connectivity index (χ3n) is 2.26. The van der Waals surface area contributed by atoms with E-state index in [1.54, 1.807) is 0 Å². The molecule has 2 aromatic carbocycles. The number of benzene rings is 2. The van der Waals surface area contributed by atoms with Crippen molar-refractivity contribution in [3.8, 4) is 0 Å². The van der Waals surface area contributed by atoms with Gasteiger partial charge in [-0.2, -0.15) is 0 Å². The third-order valence-corrected chi connectivity index (χ3v) is 2.83. The number of rotatable bonds is 2. The fourth-order valence-electron chi connectivity index (χ4n) is 1.52. The van der Waals surface area contributed by atoms with Gasteiger partial charge in [-0.15, -0.1) is 25.3 Å². The van der Waals surface area contributed by atoms with Gasteiger partial charge in [0, 0.05) is 9.79 Å². The average molecular weight is 232 g/mol. The van der Waals surface area contributed by atoms with Gasteiger partial charge in [-0.3, -0.25) is 0 Å². The van der Waals surface area contributed by atoms with E-state index in [2.05, 4.69) is 49.5 Å². The second-order valence-corrected chi connectivity index (χ2v) is 4.55. The number of thiol groups is 2. The van der Waals surface area contributed by atoms with Gasteiger partial charge in [0.05, 0.1) is 0 Å². The van der Waals surface area contributed by atoms with Crippen LogP contribution >= 0.6 is 25.3 Å². The minimum absolute atomic E-state index is 0.947. The zero-order valence-corrected chi connectivity index (χ0v) is 10.0. The maximum Gasteiger partial charge on any atom is 0.00428 e. The van der Waals surface area contributed by atoms with Crippen molar-refractivity contribution in [2.45, 2.75) is 16.2 Å². The SMILES string of the molecule is Sc1ccc(Cc2cccc(S)c2)cc1. The van der Waals surface area contributed by atoms with E-state index in [4.69, 9.17) is 0 Å². The van der Waals surface area contributed by atoms with Crippen LogP contribution in [0.4, 0.5) is 0 Å². The van der Waals surface area contributed by atoms with Crippen LogP contribution < -0.4 is 0 Å². The minimum atomic E-state index is 0.947. The lowest BCUT2D eigenvalue weighted by molar-refractivity contribution is 1.16. The lowest BCUT2D eigenvalue weighted by atomic mass is 10.1. The summed E-state index contributed by atoms with van der Waals surface area (Å²) in [5.74, 6) is 0. The van der Waals surface area contributed by atoms with Crippen molar-refractivity contribution < 1.29 is 0 Å². The summed E-state index contributed by atoms with van der Waals surface area (Å²) in [4.78, 5) is 2.01. The molecule has 0 aliphatic rings. The number of hydrogen-bond donors (Lipinski definition) is 2. The molecular formula is C13H12S2. The first kappa shape index (κ1) is 10.7. The maximum atomic E-state index is 4.32. The predicted octanol–water partition coefficient (Wildman–Crippen LogP) is 3.85. The first-order valence-electron chi connectivity index (χ1n) is 4.80. The van der Waals surface area contributed by atoms with E-state index in [0.29, 0.717) is 0 Å². The summed E-state index contributed by atoms with van der Waals surface area (Å²) >= 11 is 8.59. The molecule has 0 heterocycles. The van der Waals surface area contributed by atoms with E-state index in [0.717, 1.165) is 16.2 Å².